The Balaban J connectivity index is 1.80. The Bertz CT molecular complexity index is 631. The van der Waals surface area contributed by atoms with Gasteiger partial charge in [0.1, 0.15) is 11.5 Å². The van der Waals surface area contributed by atoms with E-state index < -0.39 is 0 Å². The summed E-state index contributed by atoms with van der Waals surface area (Å²) in [6, 6.07) is 15.6. The number of hydrogen-bond acceptors (Lipinski definition) is 4. The lowest BCUT2D eigenvalue weighted by Gasteiger charge is -2.11. The fourth-order valence-electron chi connectivity index (χ4n) is 2.10. The van der Waals surface area contributed by atoms with E-state index in [-0.39, 0.29) is 5.91 Å². The van der Waals surface area contributed by atoms with Crippen molar-refractivity contribution < 1.29 is 14.3 Å². The number of nitrogens with one attached hydrogen (secondary N) is 1. The molecule has 0 aromatic heterocycles. The van der Waals surface area contributed by atoms with Gasteiger partial charge in [0.2, 0.25) is 5.91 Å². The molecule has 1 amide bonds. The normalized spacial score (nSPS) is 10.2. The van der Waals surface area contributed by atoms with Gasteiger partial charge in [-0.15, -0.1) is 0 Å². The molecular formula is C18H21NO3S. The highest BCUT2D eigenvalue weighted by atomic mass is 32.2. The largest absolute Gasteiger partial charge is 0.497 e. The van der Waals surface area contributed by atoms with Crippen molar-refractivity contribution in [2.24, 2.45) is 0 Å². The maximum Gasteiger partial charge on any atom is 0.234 e. The van der Waals surface area contributed by atoms with Crippen LogP contribution in [-0.4, -0.2) is 31.6 Å². The Morgan fingerprint density at radius 3 is 2.57 bits per heavy atom. The molecule has 0 saturated carbocycles. The van der Waals surface area contributed by atoms with Crippen LogP contribution in [0.15, 0.2) is 48.5 Å². The molecular weight excluding hydrogens is 310 g/mol. The molecule has 23 heavy (non-hydrogen) atoms. The number of anilines is 1. The van der Waals surface area contributed by atoms with E-state index in [0.717, 1.165) is 12.2 Å². The zero-order valence-corrected chi connectivity index (χ0v) is 14.2. The summed E-state index contributed by atoms with van der Waals surface area (Å²) in [6.07, 6.45) is 0.960. The minimum Gasteiger partial charge on any atom is -0.497 e. The molecule has 0 aliphatic rings. The van der Waals surface area contributed by atoms with E-state index in [0.29, 0.717) is 22.9 Å². The monoisotopic (exact) mass is 331 g/mol. The van der Waals surface area contributed by atoms with Gasteiger partial charge in [-0.05, 0) is 29.9 Å². The van der Waals surface area contributed by atoms with Crippen LogP contribution in [0.3, 0.4) is 0 Å². The molecule has 122 valence electrons. The number of hydrogen-bond donors (Lipinski definition) is 1. The van der Waals surface area contributed by atoms with E-state index in [4.69, 9.17) is 9.47 Å². The highest BCUT2D eigenvalue weighted by Crippen LogP contribution is 2.28. The fourth-order valence-corrected chi connectivity index (χ4v) is 2.88. The molecule has 0 atom stereocenters. The van der Waals surface area contributed by atoms with Gasteiger partial charge >= 0.3 is 0 Å². The number of carbonyl (C=O) groups is 1. The zero-order chi connectivity index (χ0) is 16.5. The summed E-state index contributed by atoms with van der Waals surface area (Å²) in [5, 5.41) is 2.87. The number of amides is 1. The predicted octanol–water partition coefficient (Wildman–Crippen LogP) is 3.62. The summed E-state index contributed by atoms with van der Waals surface area (Å²) in [7, 11) is 3.17. The summed E-state index contributed by atoms with van der Waals surface area (Å²) in [4.78, 5) is 12.1. The Morgan fingerprint density at radius 2 is 1.87 bits per heavy atom. The van der Waals surface area contributed by atoms with E-state index >= 15 is 0 Å². The van der Waals surface area contributed by atoms with E-state index in [2.05, 4.69) is 17.4 Å². The van der Waals surface area contributed by atoms with Crippen molar-refractivity contribution in [2.75, 3.05) is 31.0 Å². The van der Waals surface area contributed by atoms with Crippen LogP contribution >= 0.6 is 11.8 Å². The van der Waals surface area contributed by atoms with Crippen LogP contribution in [0.2, 0.25) is 0 Å². The minimum atomic E-state index is -0.0467. The van der Waals surface area contributed by atoms with Crippen molar-refractivity contribution in [1.29, 1.82) is 0 Å². The maximum atomic E-state index is 12.1. The molecule has 4 nitrogen and oxygen atoms in total. The lowest BCUT2D eigenvalue weighted by molar-refractivity contribution is -0.113. The van der Waals surface area contributed by atoms with Gasteiger partial charge in [0.15, 0.2) is 0 Å². The van der Waals surface area contributed by atoms with Gasteiger partial charge in [-0.2, -0.15) is 11.8 Å². The Hall–Kier alpha value is -2.14. The molecule has 0 spiro atoms. The third-order valence-electron chi connectivity index (χ3n) is 3.29. The summed E-state index contributed by atoms with van der Waals surface area (Å²) in [5.41, 5.74) is 1.91. The molecule has 0 heterocycles. The van der Waals surface area contributed by atoms with Crippen LogP contribution < -0.4 is 14.8 Å². The number of rotatable bonds is 8. The first-order chi connectivity index (χ1) is 11.2. The zero-order valence-electron chi connectivity index (χ0n) is 13.4. The summed E-state index contributed by atoms with van der Waals surface area (Å²) < 4.78 is 10.4. The smallest absolute Gasteiger partial charge is 0.234 e. The van der Waals surface area contributed by atoms with Gasteiger partial charge in [-0.25, -0.2) is 0 Å². The van der Waals surface area contributed by atoms with Crippen molar-refractivity contribution in [1.82, 2.24) is 0 Å². The second-order valence-electron chi connectivity index (χ2n) is 4.90. The lowest BCUT2D eigenvalue weighted by Crippen LogP contribution is -2.15. The second kappa shape index (κ2) is 9.10. The highest BCUT2D eigenvalue weighted by molar-refractivity contribution is 7.99. The van der Waals surface area contributed by atoms with E-state index in [1.807, 2.05) is 18.2 Å². The molecule has 5 heteroatoms. The number of carbonyl (C=O) groups excluding carboxylic acids is 1. The molecule has 0 radical (unpaired) electrons. The maximum absolute atomic E-state index is 12.1. The molecule has 0 fully saturated rings. The number of methoxy groups -OCH3 is 2. The van der Waals surface area contributed by atoms with Crippen molar-refractivity contribution in [3.8, 4) is 11.5 Å². The standard InChI is InChI=1S/C18H21NO3S/c1-21-15-8-9-17(22-2)16(12-15)19-18(20)13-23-11-10-14-6-4-3-5-7-14/h3-9,12H,10-11,13H2,1-2H3,(H,19,20). The van der Waals surface area contributed by atoms with E-state index in [1.165, 1.54) is 5.56 Å². The molecule has 2 rings (SSSR count). The topological polar surface area (TPSA) is 47.6 Å². The van der Waals surface area contributed by atoms with Crippen LogP contribution in [0.1, 0.15) is 5.56 Å². The van der Waals surface area contributed by atoms with Gasteiger partial charge in [0.25, 0.3) is 0 Å². The third-order valence-corrected chi connectivity index (χ3v) is 4.25. The predicted molar refractivity (Wildman–Crippen MR) is 95.6 cm³/mol. The van der Waals surface area contributed by atoms with Crippen LogP contribution in [0.25, 0.3) is 0 Å². The van der Waals surface area contributed by atoms with Gasteiger partial charge in [0.05, 0.1) is 25.7 Å². The third kappa shape index (κ3) is 5.53. The summed E-state index contributed by atoms with van der Waals surface area (Å²) in [5.74, 6) is 2.57. The number of benzene rings is 2. The van der Waals surface area contributed by atoms with Crippen LogP contribution in [0.4, 0.5) is 5.69 Å². The average Bonchev–Trinajstić information content (AvgIpc) is 2.59. The first kappa shape index (κ1) is 17.2. The van der Waals surface area contributed by atoms with Crippen molar-refractivity contribution in [2.45, 2.75) is 6.42 Å². The van der Waals surface area contributed by atoms with E-state index in [1.54, 1.807) is 44.2 Å². The quantitative estimate of drug-likeness (QED) is 0.751. The van der Waals surface area contributed by atoms with E-state index in [9.17, 15) is 4.79 Å². The molecule has 0 aliphatic carbocycles. The summed E-state index contributed by atoms with van der Waals surface area (Å²) in [6.45, 7) is 0. The average molecular weight is 331 g/mol. The summed E-state index contributed by atoms with van der Waals surface area (Å²) >= 11 is 1.61. The molecule has 0 bridgehead atoms. The molecule has 2 aromatic rings. The SMILES string of the molecule is COc1ccc(OC)c(NC(=O)CSCCc2ccccc2)c1. The fraction of sp³-hybridized carbons (Fsp3) is 0.278. The Morgan fingerprint density at radius 1 is 1.09 bits per heavy atom. The van der Waals surface area contributed by atoms with Crippen molar-refractivity contribution in [3.05, 3.63) is 54.1 Å². The van der Waals surface area contributed by atoms with Crippen LogP contribution in [0.5, 0.6) is 11.5 Å². The molecule has 1 N–H and O–H groups in total. The number of thioether (sulfide) groups is 1. The van der Waals surface area contributed by atoms with Gasteiger partial charge < -0.3 is 14.8 Å². The second-order valence-corrected chi connectivity index (χ2v) is 6.01. The van der Waals surface area contributed by atoms with Gasteiger partial charge in [-0.1, -0.05) is 30.3 Å². The van der Waals surface area contributed by atoms with Gasteiger partial charge in [0, 0.05) is 6.07 Å². The molecule has 0 aliphatic heterocycles. The van der Waals surface area contributed by atoms with Crippen molar-refractivity contribution in [3.63, 3.8) is 0 Å². The van der Waals surface area contributed by atoms with Crippen LogP contribution in [0, 0.1) is 0 Å². The number of aryl methyl sites for hydroxylation is 1. The van der Waals surface area contributed by atoms with Gasteiger partial charge in [-0.3, -0.25) is 4.79 Å². The van der Waals surface area contributed by atoms with Crippen LogP contribution in [-0.2, 0) is 11.2 Å². The molecule has 0 unspecified atom stereocenters. The lowest BCUT2D eigenvalue weighted by atomic mass is 10.2. The molecule has 0 saturated heterocycles. The minimum absolute atomic E-state index is 0.0467. The first-order valence-electron chi connectivity index (χ1n) is 7.36. The Labute approximate surface area is 141 Å². The van der Waals surface area contributed by atoms with Crippen molar-refractivity contribution >= 4 is 23.4 Å². The number of ether oxygens (including phenoxy) is 2. The first-order valence-corrected chi connectivity index (χ1v) is 8.52. The molecule has 2 aromatic carbocycles. The highest BCUT2D eigenvalue weighted by Gasteiger charge is 2.09. The Kier molecular flexibility index (Phi) is 6.81.